The van der Waals surface area contributed by atoms with Crippen LogP contribution in [0, 0.1) is 12.8 Å². The molecule has 0 saturated carbocycles. The Kier molecular flexibility index (Phi) is 111. The number of rotatable bonds is 0. The summed E-state index contributed by atoms with van der Waals surface area (Å²) in [5, 5.41) is 0. The van der Waals surface area contributed by atoms with Crippen LogP contribution in [0.5, 0.6) is 0 Å². The molecule has 0 aromatic carbocycles. The SMILES string of the molecule is C[CH-]C.C[CH-]C.I.[Ag]. The van der Waals surface area contributed by atoms with Crippen molar-refractivity contribution in [1.29, 1.82) is 0 Å². The minimum absolute atomic E-state index is 0. The Morgan fingerprint density at radius 2 is 0.750 bits per heavy atom. The van der Waals surface area contributed by atoms with Gasteiger partial charge in [-0.3, -0.25) is 0 Å². The average molecular weight is 322 g/mol. The molecule has 59 valence electrons. The van der Waals surface area contributed by atoms with E-state index in [1.807, 2.05) is 40.5 Å². The van der Waals surface area contributed by atoms with E-state index in [4.69, 9.17) is 0 Å². The quantitative estimate of drug-likeness (QED) is 0.365. The van der Waals surface area contributed by atoms with Gasteiger partial charge in [0.25, 0.3) is 0 Å². The molecule has 0 rings (SSSR count). The van der Waals surface area contributed by atoms with Crippen LogP contribution < -0.4 is 0 Å². The first kappa shape index (κ1) is 22.7. The summed E-state index contributed by atoms with van der Waals surface area (Å²) >= 11 is 0. The molecule has 0 N–H and O–H groups in total. The molecule has 0 saturated heterocycles. The predicted octanol–water partition coefficient (Wildman–Crippen LogP) is 3.08. The van der Waals surface area contributed by atoms with Gasteiger partial charge in [0.2, 0.25) is 0 Å². The van der Waals surface area contributed by atoms with Gasteiger partial charge in [-0.2, -0.15) is 27.7 Å². The van der Waals surface area contributed by atoms with E-state index in [2.05, 4.69) is 0 Å². The van der Waals surface area contributed by atoms with Crippen molar-refractivity contribution in [1.82, 2.24) is 0 Å². The normalized spacial score (nSPS) is 4.50. The van der Waals surface area contributed by atoms with Crippen LogP contribution in [-0.2, 0) is 22.4 Å². The zero-order valence-electron chi connectivity index (χ0n) is 5.86. The van der Waals surface area contributed by atoms with Crippen LogP contribution in [0.25, 0.3) is 0 Å². The maximum Gasteiger partial charge on any atom is 0 e. The smallest absolute Gasteiger partial charge is 0 e. The first-order valence-electron chi connectivity index (χ1n) is 2.31. The average Bonchev–Trinajstić information content (AvgIpc) is 1.39. The van der Waals surface area contributed by atoms with E-state index in [-0.39, 0.29) is 46.4 Å². The molecule has 0 nitrogen and oxygen atoms in total. The van der Waals surface area contributed by atoms with Gasteiger partial charge < -0.3 is 12.8 Å². The maximum atomic E-state index is 2.00. The third-order valence-corrected chi connectivity index (χ3v) is 0. The van der Waals surface area contributed by atoms with Crippen LogP contribution in [0.4, 0.5) is 0 Å². The van der Waals surface area contributed by atoms with Crippen molar-refractivity contribution in [2.45, 2.75) is 27.7 Å². The molecule has 0 bridgehead atoms. The molecule has 0 heterocycles. The van der Waals surface area contributed by atoms with E-state index >= 15 is 0 Å². The van der Waals surface area contributed by atoms with Crippen molar-refractivity contribution in [2.24, 2.45) is 0 Å². The first-order valence-corrected chi connectivity index (χ1v) is 2.31. The number of halogens is 1. The molecule has 8 heavy (non-hydrogen) atoms. The summed E-state index contributed by atoms with van der Waals surface area (Å²) < 4.78 is 0. The van der Waals surface area contributed by atoms with E-state index in [0.717, 1.165) is 0 Å². The third-order valence-electron chi connectivity index (χ3n) is 0. The van der Waals surface area contributed by atoms with E-state index in [1.54, 1.807) is 0 Å². The first-order chi connectivity index (χ1) is 2.83. The fourth-order valence-corrected chi connectivity index (χ4v) is 0. The third kappa shape index (κ3) is 145. The van der Waals surface area contributed by atoms with E-state index in [1.165, 1.54) is 0 Å². The summed E-state index contributed by atoms with van der Waals surface area (Å²) in [6.07, 6.45) is 4.00. The Morgan fingerprint density at radius 1 is 0.750 bits per heavy atom. The van der Waals surface area contributed by atoms with Crippen molar-refractivity contribution in [2.75, 3.05) is 0 Å². The second-order valence-electron chi connectivity index (χ2n) is 1.15. The number of hydrogen-bond donors (Lipinski definition) is 0. The summed E-state index contributed by atoms with van der Waals surface area (Å²) in [7, 11) is 0. The standard InChI is InChI=1S/2C3H7.Ag.HI/c2*1-3-2;;/h2*3H,1-2H3;;1H/q2*-1;;. The molecule has 0 aliphatic rings. The molecule has 0 aromatic heterocycles. The summed E-state index contributed by atoms with van der Waals surface area (Å²) in [5.74, 6) is 0. The van der Waals surface area contributed by atoms with Gasteiger partial charge in [-0.1, -0.05) is 0 Å². The van der Waals surface area contributed by atoms with Gasteiger partial charge in [-0.25, -0.2) is 0 Å². The second-order valence-corrected chi connectivity index (χ2v) is 1.15. The Morgan fingerprint density at radius 3 is 0.750 bits per heavy atom. The van der Waals surface area contributed by atoms with Crippen LogP contribution in [0.2, 0.25) is 0 Å². The molecule has 2 heteroatoms. The van der Waals surface area contributed by atoms with Gasteiger partial charge in [0, 0.05) is 22.4 Å². The van der Waals surface area contributed by atoms with E-state index in [9.17, 15) is 0 Å². The monoisotopic (exact) mass is 321 g/mol. The van der Waals surface area contributed by atoms with E-state index in [0.29, 0.717) is 0 Å². The fraction of sp³-hybridized carbons (Fsp3) is 0.667. The molecule has 0 atom stereocenters. The second kappa shape index (κ2) is 39.3. The topological polar surface area (TPSA) is 0 Å². The fourth-order valence-electron chi connectivity index (χ4n) is 0. The Balaban J connectivity index is -0.0000000160. The summed E-state index contributed by atoms with van der Waals surface area (Å²) in [4.78, 5) is 0. The van der Waals surface area contributed by atoms with Crippen molar-refractivity contribution < 1.29 is 22.4 Å². The number of hydrogen-bond acceptors (Lipinski definition) is 0. The molecule has 0 amide bonds. The zero-order valence-corrected chi connectivity index (χ0v) is 9.68. The van der Waals surface area contributed by atoms with Gasteiger partial charge >= 0.3 is 0 Å². The molecular weight excluding hydrogens is 307 g/mol. The van der Waals surface area contributed by atoms with Crippen LogP contribution >= 0.6 is 24.0 Å². The Labute approximate surface area is 86.3 Å². The summed E-state index contributed by atoms with van der Waals surface area (Å²) in [6.45, 7) is 8.00. The van der Waals surface area contributed by atoms with Gasteiger partial charge in [-0.05, 0) is 0 Å². The van der Waals surface area contributed by atoms with Crippen molar-refractivity contribution in [3.8, 4) is 0 Å². The van der Waals surface area contributed by atoms with Crippen LogP contribution in [0.1, 0.15) is 27.7 Å². The zero-order chi connectivity index (χ0) is 5.41. The van der Waals surface area contributed by atoms with Gasteiger partial charge in [-0.15, -0.1) is 24.0 Å². The maximum absolute atomic E-state index is 2.00. The van der Waals surface area contributed by atoms with Crippen LogP contribution in [-0.4, -0.2) is 0 Å². The van der Waals surface area contributed by atoms with Crippen molar-refractivity contribution in [3.63, 3.8) is 0 Å². The summed E-state index contributed by atoms with van der Waals surface area (Å²) in [6, 6.07) is 0. The van der Waals surface area contributed by atoms with Gasteiger partial charge in [0.05, 0.1) is 0 Å². The van der Waals surface area contributed by atoms with E-state index < -0.39 is 0 Å². The minimum Gasteiger partial charge on any atom is -0.335 e. The van der Waals surface area contributed by atoms with Gasteiger partial charge in [0.15, 0.2) is 0 Å². The molecule has 0 aromatic rings. The minimum atomic E-state index is 0. The molecule has 0 spiro atoms. The largest absolute Gasteiger partial charge is 0.335 e. The molecule has 0 fully saturated rings. The van der Waals surface area contributed by atoms with Crippen molar-refractivity contribution >= 4 is 24.0 Å². The molecule has 0 unspecified atom stereocenters. The summed E-state index contributed by atoms with van der Waals surface area (Å²) in [5.41, 5.74) is 0. The molecule has 0 aliphatic heterocycles. The Hall–Kier alpha value is 1.47. The molecule has 1 radical (unpaired) electrons. The van der Waals surface area contributed by atoms with Gasteiger partial charge in [0.1, 0.15) is 0 Å². The van der Waals surface area contributed by atoms with Crippen LogP contribution in [0.3, 0.4) is 0 Å². The van der Waals surface area contributed by atoms with Crippen molar-refractivity contribution in [3.05, 3.63) is 12.8 Å². The molecule has 0 aliphatic carbocycles. The molecular formula is C6H15AgI-2. The Bertz CT molecular complexity index is 10.5. The van der Waals surface area contributed by atoms with Crippen LogP contribution in [0.15, 0.2) is 0 Å². The predicted molar refractivity (Wildman–Crippen MR) is 46.7 cm³/mol.